The van der Waals surface area contributed by atoms with E-state index in [4.69, 9.17) is 5.73 Å². The Balaban J connectivity index is 1.96. The Morgan fingerprint density at radius 1 is 1.40 bits per heavy atom. The second kappa shape index (κ2) is 2.21. The molecule has 2 nitrogen and oxygen atoms in total. The van der Waals surface area contributed by atoms with Gasteiger partial charge < -0.3 is 11.1 Å². The molecule has 10 heavy (non-hydrogen) atoms. The van der Waals surface area contributed by atoms with E-state index in [-0.39, 0.29) is 0 Å². The van der Waals surface area contributed by atoms with E-state index in [1.807, 2.05) is 0 Å². The average molecular weight is 140 g/mol. The molecule has 58 valence electrons. The topological polar surface area (TPSA) is 48.0 Å². The number of hydrogen-bond donors (Lipinski definition) is 2. The molecule has 1 unspecified atom stereocenters. The molecule has 2 heteroatoms. The van der Waals surface area contributed by atoms with Crippen LogP contribution in [0.25, 0.3) is 0 Å². The van der Waals surface area contributed by atoms with Gasteiger partial charge in [-0.3, -0.25) is 0 Å². The van der Waals surface area contributed by atoms with E-state index >= 15 is 0 Å². The number of hydrogen-bond acceptors (Lipinski definition) is 2. The first-order valence-corrected chi connectivity index (χ1v) is 4.31. The maximum Gasteiger partial charge on any atom is 0.0321 e. The molecular formula is C8H16N2. The van der Waals surface area contributed by atoms with Crippen LogP contribution in [0.2, 0.25) is 0 Å². The quantitative estimate of drug-likeness (QED) is 0.484. The summed E-state index contributed by atoms with van der Waals surface area (Å²) >= 11 is 0. The van der Waals surface area contributed by atoms with Gasteiger partial charge in [0.25, 0.3) is 0 Å². The van der Waals surface area contributed by atoms with Gasteiger partial charge in [0.05, 0.1) is 0 Å². The maximum atomic E-state index is 5.91. The van der Waals surface area contributed by atoms with E-state index in [0.717, 1.165) is 0 Å². The molecule has 1 spiro atoms. The minimum absolute atomic E-state index is 0.470. The monoisotopic (exact) mass is 140 g/mol. The summed E-state index contributed by atoms with van der Waals surface area (Å²) in [6, 6.07) is 0.470. The van der Waals surface area contributed by atoms with Gasteiger partial charge in [-0.25, -0.2) is 0 Å². The van der Waals surface area contributed by atoms with Crippen molar-refractivity contribution in [2.75, 3.05) is 6.54 Å². The van der Waals surface area contributed by atoms with Crippen LogP contribution < -0.4 is 11.1 Å². The molecule has 1 saturated heterocycles. The molecule has 1 aliphatic heterocycles. The minimum atomic E-state index is 0.470. The standard InChI is InChI=1S/C8H16N2/c9-7-3-1-2-4-8(5-7)6-10-8/h7,10H,1-6,9H2/t7?,8-/m1/s1. The van der Waals surface area contributed by atoms with E-state index in [1.54, 1.807) is 0 Å². The van der Waals surface area contributed by atoms with Crippen molar-refractivity contribution >= 4 is 0 Å². The smallest absolute Gasteiger partial charge is 0.0321 e. The lowest BCUT2D eigenvalue weighted by Crippen LogP contribution is -2.27. The molecule has 0 aromatic heterocycles. The summed E-state index contributed by atoms with van der Waals surface area (Å²) in [6.45, 7) is 1.22. The van der Waals surface area contributed by atoms with Crippen molar-refractivity contribution in [1.82, 2.24) is 5.32 Å². The fourth-order valence-electron chi connectivity index (χ4n) is 2.02. The van der Waals surface area contributed by atoms with Gasteiger partial charge in [-0.2, -0.15) is 0 Å². The van der Waals surface area contributed by atoms with Gasteiger partial charge in [0.15, 0.2) is 0 Å². The summed E-state index contributed by atoms with van der Waals surface area (Å²) in [5.74, 6) is 0. The molecule has 0 aromatic rings. The zero-order chi connectivity index (χ0) is 7.03. The van der Waals surface area contributed by atoms with Crippen LogP contribution >= 0.6 is 0 Å². The Labute approximate surface area is 62.2 Å². The summed E-state index contributed by atoms with van der Waals surface area (Å²) in [5, 5.41) is 3.44. The molecule has 0 bridgehead atoms. The van der Waals surface area contributed by atoms with Crippen LogP contribution in [-0.2, 0) is 0 Å². The molecule has 1 aliphatic carbocycles. The lowest BCUT2D eigenvalue weighted by atomic mass is 9.99. The summed E-state index contributed by atoms with van der Waals surface area (Å²) < 4.78 is 0. The van der Waals surface area contributed by atoms with Crippen LogP contribution in [0.15, 0.2) is 0 Å². The fraction of sp³-hybridized carbons (Fsp3) is 1.00. The molecular weight excluding hydrogens is 124 g/mol. The summed E-state index contributed by atoms with van der Waals surface area (Å²) in [5.41, 5.74) is 6.42. The molecule has 0 aromatic carbocycles. The largest absolute Gasteiger partial charge is 0.328 e. The van der Waals surface area contributed by atoms with Gasteiger partial charge in [-0.1, -0.05) is 12.8 Å². The van der Waals surface area contributed by atoms with Crippen molar-refractivity contribution in [2.45, 2.75) is 43.7 Å². The fourth-order valence-corrected chi connectivity index (χ4v) is 2.02. The van der Waals surface area contributed by atoms with Crippen molar-refractivity contribution in [3.63, 3.8) is 0 Å². The van der Waals surface area contributed by atoms with E-state index in [9.17, 15) is 0 Å². The second-order valence-corrected chi connectivity index (χ2v) is 3.84. The summed E-state index contributed by atoms with van der Waals surface area (Å²) in [4.78, 5) is 0. The van der Waals surface area contributed by atoms with Crippen molar-refractivity contribution in [3.8, 4) is 0 Å². The van der Waals surface area contributed by atoms with Crippen LogP contribution in [0.3, 0.4) is 0 Å². The summed E-state index contributed by atoms with van der Waals surface area (Å²) in [7, 11) is 0. The third kappa shape index (κ3) is 1.18. The Morgan fingerprint density at radius 3 is 2.90 bits per heavy atom. The zero-order valence-electron chi connectivity index (χ0n) is 6.40. The van der Waals surface area contributed by atoms with Gasteiger partial charge in [0.1, 0.15) is 0 Å². The molecule has 1 saturated carbocycles. The van der Waals surface area contributed by atoms with Gasteiger partial charge >= 0.3 is 0 Å². The molecule has 2 atom stereocenters. The number of rotatable bonds is 0. The molecule has 1 heterocycles. The lowest BCUT2D eigenvalue weighted by Gasteiger charge is -2.12. The van der Waals surface area contributed by atoms with Gasteiger partial charge in [-0.05, 0) is 19.3 Å². The van der Waals surface area contributed by atoms with Crippen molar-refractivity contribution in [3.05, 3.63) is 0 Å². The highest BCUT2D eigenvalue weighted by Gasteiger charge is 2.43. The number of nitrogens with one attached hydrogen (secondary N) is 1. The van der Waals surface area contributed by atoms with Gasteiger partial charge in [-0.15, -0.1) is 0 Å². The van der Waals surface area contributed by atoms with E-state index in [1.165, 1.54) is 38.6 Å². The molecule has 3 N–H and O–H groups in total. The van der Waals surface area contributed by atoms with Gasteiger partial charge in [0.2, 0.25) is 0 Å². The summed E-state index contributed by atoms with van der Waals surface area (Å²) in [6.07, 6.45) is 6.53. The van der Waals surface area contributed by atoms with Crippen LogP contribution in [0.4, 0.5) is 0 Å². The van der Waals surface area contributed by atoms with E-state index in [2.05, 4.69) is 5.32 Å². The van der Waals surface area contributed by atoms with E-state index in [0.29, 0.717) is 11.6 Å². The first kappa shape index (κ1) is 6.62. The van der Waals surface area contributed by atoms with Crippen molar-refractivity contribution < 1.29 is 0 Å². The maximum absolute atomic E-state index is 5.91. The average Bonchev–Trinajstić information content (AvgIpc) is 2.64. The Morgan fingerprint density at radius 2 is 2.20 bits per heavy atom. The molecule has 2 aliphatic rings. The zero-order valence-corrected chi connectivity index (χ0v) is 6.40. The number of nitrogens with two attached hydrogens (primary N) is 1. The van der Waals surface area contributed by atoms with Gasteiger partial charge in [0, 0.05) is 18.1 Å². The van der Waals surface area contributed by atoms with Crippen LogP contribution in [-0.4, -0.2) is 18.1 Å². The Bertz CT molecular complexity index is 129. The second-order valence-electron chi connectivity index (χ2n) is 3.84. The van der Waals surface area contributed by atoms with Crippen molar-refractivity contribution in [1.29, 1.82) is 0 Å². The first-order valence-electron chi connectivity index (χ1n) is 4.31. The minimum Gasteiger partial charge on any atom is -0.328 e. The third-order valence-corrected chi connectivity index (χ3v) is 2.81. The predicted octanol–water partition coefficient (Wildman–Crippen LogP) is 0.620. The lowest BCUT2D eigenvalue weighted by molar-refractivity contribution is 0.499. The third-order valence-electron chi connectivity index (χ3n) is 2.81. The first-order chi connectivity index (χ1) is 4.81. The SMILES string of the molecule is NC1CCCC[C@]2(CN2)C1. The van der Waals surface area contributed by atoms with E-state index < -0.39 is 0 Å². The highest BCUT2D eigenvalue weighted by molar-refractivity contribution is 5.06. The Hall–Kier alpha value is -0.0800. The predicted molar refractivity (Wildman–Crippen MR) is 41.8 cm³/mol. The molecule has 0 radical (unpaired) electrons. The molecule has 2 rings (SSSR count). The highest BCUT2D eigenvalue weighted by atomic mass is 15.2. The highest BCUT2D eigenvalue weighted by Crippen LogP contribution is 2.33. The Kier molecular flexibility index (Phi) is 1.46. The molecule has 2 fully saturated rings. The molecule has 0 amide bonds. The van der Waals surface area contributed by atoms with Crippen molar-refractivity contribution in [2.24, 2.45) is 5.73 Å². The normalized spacial score (nSPS) is 47.1. The van der Waals surface area contributed by atoms with Crippen LogP contribution in [0.1, 0.15) is 32.1 Å². The van der Waals surface area contributed by atoms with Crippen LogP contribution in [0.5, 0.6) is 0 Å². The van der Waals surface area contributed by atoms with Crippen LogP contribution in [0, 0.1) is 0 Å².